The van der Waals surface area contributed by atoms with Gasteiger partial charge in [0.25, 0.3) is 5.91 Å². The molecule has 0 spiro atoms. The Morgan fingerprint density at radius 1 is 0.781 bits per heavy atom. The van der Waals surface area contributed by atoms with Gasteiger partial charge in [-0.2, -0.15) is 0 Å². The number of nitrogens with one attached hydrogen (secondary N) is 2. The van der Waals surface area contributed by atoms with Gasteiger partial charge in [-0.25, -0.2) is 0 Å². The van der Waals surface area contributed by atoms with Crippen molar-refractivity contribution in [2.24, 2.45) is 0 Å². The normalized spacial score (nSPS) is 37.1. The van der Waals surface area contributed by atoms with Gasteiger partial charge < -0.3 is 15.4 Å². The Kier molecular flexibility index (Phi) is 7.85. The highest BCUT2D eigenvalue weighted by molar-refractivity contribution is 5.79. The van der Waals surface area contributed by atoms with Crippen LogP contribution in [0.4, 0.5) is 0 Å². The van der Waals surface area contributed by atoms with E-state index in [1.807, 2.05) is 66.8 Å². The van der Waals surface area contributed by atoms with Crippen molar-refractivity contribution in [2.45, 2.75) is 87.7 Å². The Morgan fingerprint density at radius 2 is 1.34 bits per heavy atom. The first kappa shape index (κ1) is 22.8. The van der Waals surface area contributed by atoms with E-state index in [-0.39, 0.29) is 23.6 Å². The number of rotatable bonds is 6. The van der Waals surface area contributed by atoms with Crippen molar-refractivity contribution in [1.82, 2.24) is 10.6 Å². The van der Waals surface area contributed by atoms with Crippen molar-refractivity contribution < 1.29 is 9.53 Å². The summed E-state index contributed by atoms with van der Waals surface area (Å²) < 4.78 is 5.78. The molecule has 32 heavy (non-hydrogen) atoms. The first-order valence-corrected chi connectivity index (χ1v) is 12.4. The van der Waals surface area contributed by atoms with Gasteiger partial charge in [-0.3, -0.25) is 4.79 Å². The van der Waals surface area contributed by atoms with E-state index in [0.717, 1.165) is 19.3 Å². The first-order chi connectivity index (χ1) is 15.7. The zero-order chi connectivity index (χ0) is 22.1. The summed E-state index contributed by atoms with van der Waals surface area (Å²) in [6.45, 7) is 0.0499. The van der Waals surface area contributed by atoms with Crippen molar-refractivity contribution in [3.05, 3.63) is 72.6 Å². The predicted molar refractivity (Wildman–Crippen MR) is 131 cm³/mol. The lowest BCUT2D eigenvalue weighted by Gasteiger charge is -2.71. The van der Waals surface area contributed by atoms with E-state index < -0.39 is 0 Å². The third-order valence-electron chi connectivity index (χ3n) is 7.08. The quantitative estimate of drug-likeness (QED) is 0.575. The average molecular weight is 435 g/mol. The van der Waals surface area contributed by atoms with Crippen molar-refractivity contribution in [3.63, 3.8) is 0 Å². The van der Waals surface area contributed by atoms with E-state index in [1.165, 1.54) is 51.4 Å². The van der Waals surface area contributed by atoms with Gasteiger partial charge in [-0.05, 0) is 44.3 Å². The van der Waals surface area contributed by atoms with E-state index >= 15 is 0 Å². The summed E-state index contributed by atoms with van der Waals surface area (Å²) >= 11 is 0. The molecule has 0 aromatic rings. The largest absolute Gasteiger partial charge is 0.484 e. The molecule has 4 saturated carbocycles. The maximum atomic E-state index is 12.6. The van der Waals surface area contributed by atoms with E-state index in [4.69, 9.17) is 4.74 Å². The van der Waals surface area contributed by atoms with Crippen LogP contribution in [0.2, 0.25) is 0 Å². The molecule has 2 N–H and O–H groups in total. The maximum absolute atomic E-state index is 12.6. The number of carbonyl (C=O) groups is 1. The van der Waals surface area contributed by atoms with E-state index in [9.17, 15) is 4.79 Å². The monoisotopic (exact) mass is 434 g/mol. The molecule has 0 atom stereocenters. The van der Waals surface area contributed by atoms with Crippen LogP contribution in [0.25, 0.3) is 0 Å². The van der Waals surface area contributed by atoms with Crippen molar-refractivity contribution in [1.29, 1.82) is 0 Å². The van der Waals surface area contributed by atoms with Crippen LogP contribution in [-0.2, 0) is 9.53 Å². The van der Waals surface area contributed by atoms with Crippen molar-refractivity contribution >= 4 is 5.91 Å². The zero-order valence-corrected chi connectivity index (χ0v) is 19.2. The van der Waals surface area contributed by atoms with Crippen LogP contribution in [0, 0.1) is 0 Å². The second-order valence-electron chi connectivity index (χ2n) is 9.94. The summed E-state index contributed by atoms with van der Waals surface area (Å²) in [6.07, 6.45) is 35.4. The topological polar surface area (TPSA) is 50.4 Å². The van der Waals surface area contributed by atoms with Gasteiger partial charge in [0.05, 0.1) is 0 Å². The maximum Gasteiger partial charge on any atom is 0.258 e. The lowest BCUT2D eigenvalue weighted by atomic mass is 9.44. The van der Waals surface area contributed by atoms with E-state index in [0.29, 0.717) is 11.8 Å². The number of carbonyl (C=O) groups excluding carboxylic acids is 1. The summed E-state index contributed by atoms with van der Waals surface area (Å²) in [7, 11) is 0. The smallest absolute Gasteiger partial charge is 0.258 e. The molecule has 0 radical (unpaired) electrons. The SMILES string of the molecule is O=C(COC1=C/C=C\C=C/C=C\C=C/C=C\1)NC12CC(NC3CCCCCCCC3)(C1)C2. The van der Waals surface area contributed by atoms with Crippen molar-refractivity contribution in [3.8, 4) is 0 Å². The predicted octanol–water partition coefficient (Wildman–Crippen LogP) is 5.57. The molecule has 2 bridgehead atoms. The molecular formula is C28H38N2O2. The van der Waals surface area contributed by atoms with Crippen LogP contribution in [-0.4, -0.2) is 29.6 Å². The fourth-order valence-corrected chi connectivity index (χ4v) is 5.67. The molecule has 1 amide bonds. The van der Waals surface area contributed by atoms with Crippen molar-refractivity contribution in [2.75, 3.05) is 6.61 Å². The van der Waals surface area contributed by atoms with Crippen LogP contribution in [0.5, 0.6) is 0 Å². The van der Waals surface area contributed by atoms with E-state index in [2.05, 4.69) is 10.6 Å². The highest BCUT2D eigenvalue weighted by atomic mass is 16.5. The third-order valence-corrected chi connectivity index (χ3v) is 7.08. The molecule has 4 fully saturated rings. The first-order valence-electron chi connectivity index (χ1n) is 12.4. The van der Waals surface area contributed by atoms with Crippen LogP contribution in [0.3, 0.4) is 0 Å². The molecule has 5 aliphatic rings. The molecule has 0 heterocycles. The van der Waals surface area contributed by atoms with Gasteiger partial charge in [0, 0.05) is 17.1 Å². The molecule has 172 valence electrons. The Hall–Kier alpha value is -2.33. The van der Waals surface area contributed by atoms with Gasteiger partial charge in [-0.1, -0.05) is 93.2 Å². The fraction of sp³-hybridized carbons (Fsp3) is 0.536. The Balaban J connectivity index is 1.20. The molecule has 5 aliphatic carbocycles. The lowest BCUT2D eigenvalue weighted by molar-refractivity contribution is -0.146. The highest BCUT2D eigenvalue weighted by Gasteiger charge is 2.68. The third kappa shape index (κ3) is 6.35. The summed E-state index contributed by atoms with van der Waals surface area (Å²) in [4.78, 5) is 12.6. The number of allylic oxidation sites excluding steroid dienone is 11. The number of hydrogen-bond acceptors (Lipinski definition) is 3. The molecule has 0 aromatic carbocycles. The van der Waals surface area contributed by atoms with Crippen LogP contribution >= 0.6 is 0 Å². The minimum atomic E-state index is -0.0245. The molecule has 0 saturated heterocycles. The van der Waals surface area contributed by atoms with Crippen LogP contribution < -0.4 is 10.6 Å². The average Bonchev–Trinajstić information content (AvgIpc) is 2.85. The molecule has 0 unspecified atom stereocenters. The standard InChI is InChI=1S/C28H38N2O2/c31-26(20-32-25-18-14-10-4-2-1-3-5-11-15-19-25)30-28-21-27(22-28,23-28)29-24-16-12-8-6-7-9-13-17-24/h1-5,10-11,14-15,18-19,24,29H,6-9,12-13,16-17,20-23H2,(H,30,31)/b2-1-,3-1?,4-2?,5-3-,10-4-,11-5?,14-10?,15-11-,18-14-,19-15?,25-18?,25-19+. The Morgan fingerprint density at radius 3 is 2.00 bits per heavy atom. The summed E-state index contributed by atoms with van der Waals surface area (Å²) in [6, 6.07) is 0.665. The molecule has 4 nitrogen and oxygen atoms in total. The van der Waals surface area contributed by atoms with Crippen LogP contribution in [0.1, 0.15) is 70.6 Å². The second-order valence-corrected chi connectivity index (χ2v) is 9.94. The highest BCUT2D eigenvalue weighted by Crippen LogP contribution is 2.60. The summed E-state index contributed by atoms with van der Waals surface area (Å²) in [5, 5.41) is 7.24. The number of hydrogen-bond donors (Lipinski definition) is 2. The second kappa shape index (κ2) is 11.0. The molecule has 0 aliphatic heterocycles. The van der Waals surface area contributed by atoms with Gasteiger partial charge in [0.15, 0.2) is 6.61 Å². The molecule has 5 rings (SSSR count). The van der Waals surface area contributed by atoms with Gasteiger partial charge in [-0.15, -0.1) is 0 Å². The van der Waals surface area contributed by atoms with Gasteiger partial charge in [0.1, 0.15) is 5.76 Å². The van der Waals surface area contributed by atoms with E-state index in [1.54, 1.807) is 0 Å². The Bertz CT molecular complexity index is 801. The van der Waals surface area contributed by atoms with Crippen LogP contribution in [0.15, 0.2) is 72.6 Å². The number of ether oxygens (including phenoxy) is 1. The molecular weight excluding hydrogens is 396 g/mol. The lowest BCUT2D eigenvalue weighted by Crippen LogP contribution is -2.84. The van der Waals surface area contributed by atoms with Gasteiger partial charge in [0.2, 0.25) is 0 Å². The minimum absolute atomic E-state index is 0.00242. The Labute approximate surface area is 193 Å². The fourth-order valence-electron chi connectivity index (χ4n) is 5.67. The minimum Gasteiger partial charge on any atom is -0.484 e. The summed E-state index contributed by atoms with van der Waals surface area (Å²) in [5.74, 6) is 0.651. The van der Waals surface area contributed by atoms with Gasteiger partial charge >= 0.3 is 0 Å². The summed E-state index contributed by atoms with van der Waals surface area (Å²) in [5.41, 5.74) is 0.285. The number of amides is 1. The molecule has 4 heteroatoms. The molecule has 0 aromatic heterocycles. The zero-order valence-electron chi connectivity index (χ0n) is 19.2.